The zero-order valence-corrected chi connectivity index (χ0v) is 18.0. The normalized spacial score (nSPS) is 16.7. The Balaban J connectivity index is 0.00000392. The first-order chi connectivity index (χ1) is 13.0. The molecule has 0 amide bonds. The van der Waals surface area contributed by atoms with Crippen molar-refractivity contribution in [2.75, 3.05) is 40.0 Å². The van der Waals surface area contributed by atoms with Gasteiger partial charge in [-0.05, 0) is 37.1 Å². The van der Waals surface area contributed by atoms with Gasteiger partial charge in [0.15, 0.2) is 5.96 Å². The lowest BCUT2D eigenvalue weighted by atomic mass is 10.1. The van der Waals surface area contributed by atoms with Crippen LogP contribution in [0.2, 0.25) is 0 Å². The van der Waals surface area contributed by atoms with Gasteiger partial charge < -0.3 is 20.1 Å². The van der Waals surface area contributed by atoms with Gasteiger partial charge in [0, 0.05) is 32.4 Å². The van der Waals surface area contributed by atoms with E-state index in [9.17, 15) is 13.2 Å². The van der Waals surface area contributed by atoms with Crippen LogP contribution in [-0.2, 0) is 15.7 Å². The first-order valence-electron chi connectivity index (χ1n) is 8.79. The van der Waals surface area contributed by atoms with E-state index in [0.717, 1.165) is 31.6 Å². The molecule has 0 bridgehead atoms. The van der Waals surface area contributed by atoms with E-state index in [-0.39, 0.29) is 30.1 Å². The Hall–Kier alpha value is -1.51. The fraction of sp³-hybridized carbons (Fsp3) is 0.526. The third-order valence-corrected chi connectivity index (χ3v) is 3.87. The highest BCUT2D eigenvalue weighted by molar-refractivity contribution is 14.0. The molecule has 156 valence electrons. The van der Waals surface area contributed by atoms with Crippen LogP contribution in [0.25, 0.3) is 0 Å². The van der Waals surface area contributed by atoms with Crippen molar-refractivity contribution in [1.29, 1.82) is 0 Å². The monoisotopic (exact) mass is 511 g/mol. The maximum absolute atomic E-state index is 12.5. The molecule has 1 heterocycles. The molecular weight excluding hydrogens is 486 g/mol. The van der Waals surface area contributed by atoms with Gasteiger partial charge in [0.25, 0.3) is 0 Å². The minimum Gasteiger partial charge on any atom is -0.379 e. The van der Waals surface area contributed by atoms with Crippen molar-refractivity contribution < 1.29 is 22.6 Å². The molecule has 1 aromatic rings. The summed E-state index contributed by atoms with van der Waals surface area (Å²) in [5.74, 6) is 6.29. The molecule has 1 saturated heterocycles. The summed E-state index contributed by atoms with van der Waals surface area (Å²) in [6.07, 6.45) is -2.33. The molecule has 28 heavy (non-hydrogen) atoms. The van der Waals surface area contributed by atoms with E-state index in [1.807, 2.05) is 0 Å². The number of aliphatic imine (C=N–C) groups is 1. The number of hydrogen-bond acceptors (Lipinski definition) is 3. The summed E-state index contributed by atoms with van der Waals surface area (Å²) >= 11 is 0. The highest BCUT2D eigenvalue weighted by atomic mass is 127. The minimum absolute atomic E-state index is 0. The second kappa shape index (κ2) is 12.9. The predicted octanol–water partition coefficient (Wildman–Crippen LogP) is 3.04. The molecule has 0 saturated carbocycles. The molecule has 1 aliphatic heterocycles. The molecule has 1 unspecified atom stereocenters. The van der Waals surface area contributed by atoms with E-state index < -0.39 is 11.7 Å². The van der Waals surface area contributed by atoms with Gasteiger partial charge >= 0.3 is 6.18 Å². The molecule has 2 N–H and O–H groups in total. The Kier molecular flexibility index (Phi) is 11.3. The predicted molar refractivity (Wildman–Crippen MR) is 113 cm³/mol. The van der Waals surface area contributed by atoms with Crippen LogP contribution in [0.5, 0.6) is 0 Å². The Labute approximate surface area is 180 Å². The van der Waals surface area contributed by atoms with Gasteiger partial charge in [0.2, 0.25) is 0 Å². The minimum atomic E-state index is -4.33. The number of ether oxygens (including phenoxy) is 2. The van der Waals surface area contributed by atoms with Crippen molar-refractivity contribution in [3.05, 3.63) is 35.4 Å². The van der Waals surface area contributed by atoms with Crippen molar-refractivity contribution in [1.82, 2.24) is 10.6 Å². The highest BCUT2D eigenvalue weighted by Gasteiger charge is 2.29. The topological polar surface area (TPSA) is 54.9 Å². The van der Waals surface area contributed by atoms with Crippen LogP contribution in [-0.4, -0.2) is 52.0 Å². The second-order valence-corrected chi connectivity index (χ2v) is 5.94. The average molecular weight is 511 g/mol. The van der Waals surface area contributed by atoms with Crippen LogP contribution in [0.15, 0.2) is 29.3 Å². The van der Waals surface area contributed by atoms with Crippen LogP contribution in [0.1, 0.15) is 24.0 Å². The maximum Gasteiger partial charge on any atom is 0.416 e. The van der Waals surface area contributed by atoms with Gasteiger partial charge in [-0.25, -0.2) is 0 Å². The molecule has 1 atom stereocenters. The highest BCUT2D eigenvalue weighted by Crippen LogP contribution is 2.28. The lowest BCUT2D eigenvalue weighted by Crippen LogP contribution is -2.38. The fourth-order valence-electron chi connectivity index (χ4n) is 2.41. The van der Waals surface area contributed by atoms with Crippen LogP contribution >= 0.6 is 24.0 Å². The van der Waals surface area contributed by atoms with Gasteiger partial charge in [-0.1, -0.05) is 11.8 Å². The van der Waals surface area contributed by atoms with E-state index in [0.29, 0.717) is 37.8 Å². The first-order valence-corrected chi connectivity index (χ1v) is 8.79. The van der Waals surface area contributed by atoms with E-state index >= 15 is 0 Å². The lowest BCUT2D eigenvalue weighted by molar-refractivity contribution is -0.137. The quantitative estimate of drug-likeness (QED) is 0.203. The van der Waals surface area contributed by atoms with Crippen LogP contribution in [0, 0.1) is 11.8 Å². The van der Waals surface area contributed by atoms with E-state index in [4.69, 9.17) is 9.47 Å². The number of nitrogens with one attached hydrogen (secondary N) is 2. The first kappa shape index (κ1) is 24.5. The molecule has 0 radical (unpaired) electrons. The van der Waals surface area contributed by atoms with Crippen molar-refractivity contribution in [3.8, 4) is 11.8 Å². The number of nitrogens with zero attached hydrogens (tertiary/aromatic N) is 1. The lowest BCUT2D eigenvalue weighted by Gasteiger charge is -2.12. The molecule has 0 spiro atoms. The average Bonchev–Trinajstić information content (AvgIpc) is 3.16. The summed E-state index contributed by atoms with van der Waals surface area (Å²) in [5.41, 5.74) is -0.152. The molecule has 1 aliphatic rings. The van der Waals surface area contributed by atoms with Gasteiger partial charge in [0.1, 0.15) is 0 Å². The second-order valence-electron chi connectivity index (χ2n) is 5.94. The molecule has 0 aromatic heterocycles. The molecule has 0 aliphatic carbocycles. The molecule has 9 heteroatoms. The van der Waals surface area contributed by atoms with Crippen molar-refractivity contribution in [2.24, 2.45) is 4.99 Å². The fourth-order valence-corrected chi connectivity index (χ4v) is 2.41. The Morgan fingerprint density at radius 1 is 1.29 bits per heavy atom. The van der Waals surface area contributed by atoms with Crippen molar-refractivity contribution in [2.45, 2.75) is 25.1 Å². The number of benzene rings is 1. The Bertz CT molecular complexity index is 664. The maximum atomic E-state index is 12.5. The SMILES string of the molecule is CN=C(NCC#Cc1ccc(C(F)(F)F)cc1)NCCCOC1CCOC1.I. The number of guanidine groups is 1. The van der Waals surface area contributed by atoms with Crippen LogP contribution in [0.4, 0.5) is 13.2 Å². The van der Waals surface area contributed by atoms with E-state index in [2.05, 4.69) is 27.5 Å². The number of hydrogen-bond donors (Lipinski definition) is 2. The zero-order chi connectivity index (χ0) is 19.5. The van der Waals surface area contributed by atoms with E-state index in [1.54, 1.807) is 7.05 Å². The third-order valence-electron chi connectivity index (χ3n) is 3.87. The third kappa shape index (κ3) is 9.12. The van der Waals surface area contributed by atoms with Gasteiger partial charge in [-0.2, -0.15) is 13.2 Å². The molecule has 2 rings (SSSR count). The summed E-state index contributed by atoms with van der Waals surface area (Å²) < 4.78 is 48.4. The molecule has 1 aromatic carbocycles. The number of rotatable bonds is 6. The van der Waals surface area contributed by atoms with Crippen LogP contribution in [0.3, 0.4) is 0 Å². The van der Waals surface area contributed by atoms with Crippen molar-refractivity contribution >= 4 is 29.9 Å². The largest absolute Gasteiger partial charge is 0.416 e. The summed E-state index contributed by atoms with van der Waals surface area (Å²) in [5, 5.41) is 6.18. The number of alkyl halides is 3. The van der Waals surface area contributed by atoms with Crippen molar-refractivity contribution in [3.63, 3.8) is 0 Å². The molecular formula is C19H25F3IN3O2. The zero-order valence-electron chi connectivity index (χ0n) is 15.6. The Morgan fingerprint density at radius 3 is 2.64 bits per heavy atom. The summed E-state index contributed by atoms with van der Waals surface area (Å²) in [6, 6.07) is 4.77. The summed E-state index contributed by atoms with van der Waals surface area (Å²) in [4.78, 5) is 4.09. The van der Waals surface area contributed by atoms with Gasteiger partial charge in [0.05, 0.1) is 24.8 Å². The summed E-state index contributed by atoms with van der Waals surface area (Å²) in [6.45, 7) is 3.14. The standard InChI is InChI=1S/C19H24F3N3O2.HI/c1-23-18(25-11-3-12-27-17-9-13-26-14-17)24-10-2-4-15-5-7-16(8-6-15)19(20,21)22;/h5-8,17H,3,9-14H2,1H3,(H2,23,24,25);1H. The summed E-state index contributed by atoms with van der Waals surface area (Å²) in [7, 11) is 1.66. The molecule has 1 fully saturated rings. The van der Waals surface area contributed by atoms with Gasteiger partial charge in [-0.3, -0.25) is 4.99 Å². The number of halogens is 4. The molecule has 5 nitrogen and oxygen atoms in total. The van der Waals surface area contributed by atoms with E-state index in [1.165, 1.54) is 12.1 Å². The van der Waals surface area contributed by atoms with Gasteiger partial charge in [-0.15, -0.1) is 24.0 Å². The van der Waals surface area contributed by atoms with Crippen LogP contribution < -0.4 is 10.6 Å². The smallest absolute Gasteiger partial charge is 0.379 e. The Morgan fingerprint density at radius 2 is 2.04 bits per heavy atom.